The average Bonchev–Trinajstić information content (AvgIpc) is 2.31. The minimum absolute atomic E-state index is 0.294. The summed E-state index contributed by atoms with van der Waals surface area (Å²) in [6, 6.07) is 4.46. The fourth-order valence-corrected chi connectivity index (χ4v) is 1.57. The summed E-state index contributed by atoms with van der Waals surface area (Å²) in [5.74, 6) is -1.99. The van der Waals surface area contributed by atoms with E-state index < -0.39 is 17.3 Å². The van der Waals surface area contributed by atoms with Gasteiger partial charge in [0.1, 0.15) is 11.2 Å². The van der Waals surface area contributed by atoms with Crippen molar-refractivity contribution in [2.75, 3.05) is 6.54 Å². The van der Waals surface area contributed by atoms with Crippen molar-refractivity contribution < 1.29 is 19.1 Å². The maximum atomic E-state index is 12.9. The molecule has 0 aliphatic rings. The smallest absolute Gasteiger partial charge is 0.318 e. The number of carbonyl (C=O) groups excluding carboxylic acids is 1. The molecule has 0 aromatic heterocycles. The summed E-state index contributed by atoms with van der Waals surface area (Å²) in [7, 11) is 0. The lowest BCUT2D eigenvalue weighted by atomic mass is 9.92. The molecule has 1 aromatic carbocycles. The fourth-order valence-electron chi connectivity index (χ4n) is 1.57. The Morgan fingerprint density at radius 2 is 2.00 bits per heavy atom. The summed E-state index contributed by atoms with van der Waals surface area (Å²) in [5, 5.41) is 11.5. The van der Waals surface area contributed by atoms with Gasteiger partial charge in [-0.25, -0.2) is 4.39 Å². The van der Waals surface area contributed by atoms with Gasteiger partial charge in [-0.1, -0.05) is 6.07 Å². The number of nitrogens with one attached hydrogen (secondary N) is 1. The van der Waals surface area contributed by atoms with Crippen LogP contribution in [-0.2, 0) is 16.0 Å². The van der Waals surface area contributed by atoms with Crippen LogP contribution in [0.4, 0.5) is 4.39 Å². The van der Waals surface area contributed by atoms with Crippen molar-refractivity contribution in [3.63, 3.8) is 0 Å². The summed E-state index contributed by atoms with van der Waals surface area (Å²) in [4.78, 5) is 22.6. The Labute approximate surface area is 111 Å². The highest BCUT2D eigenvalue weighted by molar-refractivity contribution is 6.00. The van der Waals surface area contributed by atoms with Gasteiger partial charge in [0.15, 0.2) is 0 Å². The number of aliphatic carboxylic acids is 1. The lowest BCUT2D eigenvalue weighted by molar-refractivity contribution is -0.153. The second kappa shape index (κ2) is 5.82. The van der Waals surface area contributed by atoms with Crippen molar-refractivity contribution in [1.82, 2.24) is 5.32 Å². The van der Waals surface area contributed by atoms with E-state index >= 15 is 0 Å². The van der Waals surface area contributed by atoms with Gasteiger partial charge in [-0.15, -0.1) is 0 Å². The van der Waals surface area contributed by atoms with E-state index in [1.807, 2.05) is 0 Å². The van der Waals surface area contributed by atoms with Gasteiger partial charge in [-0.3, -0.25) is 9.59 Å². The third-order valence-corrected chi connectivity index (χ3v) is 3.09. The van der Waals surface area contributed by atoms with Gasteiger partial charge < -0.3 is 10.4 Å². The normalized spacial score (nSPS) is 11.2. The Balaban J connectivity index is 2.55. The number of benzene rings is 1. The Morgan fingerprint density at radius 1 is 1.37 bits per heavy atom. The number of hydrogen-bond donors (Lipinski definition) is 2. The van der Waals surface area contributed by atoms with Crippen LogP contribution in [0.25, 0.3) is 0 Å². The number of halogens is 1. The Kier molecular flexibility index (Phi) is 4.64. The van der Waals surface area contributed by atoms with Crippen LogP contribution in [0.1, 0.15) is 25.0 Å². The largest absolute Gasteiger partial charge is 0.480 e. The average molecular weight is 267 g/mol. The number of rotatable bonds is 5. The van der Waals surface area contributed by atoms with Crippen LogP contribution in [0.2, 0.25) is 0 Å². The first-order valence-corrected chi connectivity index (χ1v) is 6.02. The molecular formula is C14H18FNO3. The fraction of sp³-hybridized carbons (Fsp3) is 0.429. The maximum Gasteiger partial charge on any atom is 0.318 e. The number of amides is 1. The molecular weight excluding hydrogens is 249 g/mol. The predicted molar refractivity (Wildman–Crippen MR) is 69.3 cm³/mol. The van der Waals surface area contributed by atoms with Gasteiger partial charge in [0.25, 0.3) is 0 Å². The van der Waals surface area contributed by atoms with Crippen LogP contribution in [0.15, 0.2) is 18.2 Å². The molecule has 0 atom stereocenters. The third kappa shape index (κ3) is 3.77. The Bertz CT molecular complexity index is 497. The molecule has 5 heteroatoms. The van der Waals surface area contributed by atoms with Crippen LogP contribution in [0.5, 0.6) is 0 Å². The van der Waals surface area contributed by atoms with Gasteiger partial charge in [-0.2, -0.15) is 0 Å². The van der Waals surface area contributed by atoms with Crippen molar-refractivity contribution >= 4 is 11.9 Å². The van der Waals surface area contributed by atoms with Crippen molar-refractivity contribution in [2.45, 2.75) is 27.2 Å². The first-order valence-electron chi connectivity index (χ1n) is 6.02. The van der Waals surface area contributed by atoms with Crippen LogP contribution in [0.3, 0.4) is 0 Å². The molecule has 1 rings (SSSR count). The van der Waals surface area contributed by atoms with E-state index in [1.165, 1.54) is 26.0 Å². The van der Waals surface area contributed by atoms with Crippen LogP contribution in [0, 0.1) is 18.2 Å². The zero-order chi connectivity index (χ0) is 14.6. The Hall–Kier alpha value is -1.91. The van der Waals surface area contributed by atoms with E-state index in [9.17, 15) is 14.0 Å². The molecule has 0 radical (unpaired) electrons. The quantitative estimate of drug-likeness (QED) is 0.801. The van der Waals surface area contributed by atoms with Crippen LogP contribution in [-0.4, -0.2) is 23.5 Å². The Morgan fingerprint density at radius 3 is 2.53 bits per heavy atom. The molecule has 0 heterocycles. The van der Waals surface area contributed by atoms with E-state index in [2.05, 4.69) is 5.32 Å². The summed E-state index contributed by atoms with van der Waals surface area (Å²) in [6.07, 6.45) is 0.535. The molecule has 19 heavy (non-hydrogen) atoms. The molecule has 0 unspecified atom stereocenters. The van der Waals surface area contributed by atoms with E-state index in [0.29, 0.717) is 13.0 Å². The van der Waals surface area contributed by atoms with Gasteiger partial charge in [-0.05, 0) is 50.5 Å². The molecule has 0 aliphatic carbocycles. The molecule has 4 nitrogen and oxygen atoms in total. The van der Waals surface area contributed by atoms with Crippen molar-refractivity contribution in [2.24, 2.45) is 5.41 Å². The zero-order valence-corrected chi connectivity index (χ0v) is 11.3. The van der Waals surface area contributed by atoms with Crippen LogP contribution >= 0.6 is 0 Å². The molecule has 0 saturated carbocycles. The number of carboxylic acid groups (broad SMARTS) is 1. The second-order valence-electron chi connectivity index (χ2n) is 5.01. The molecule has 0 fully saturated rings. The zero-order valence-electron chi connectivity index (χ0n) is 11.3. The summed E-state index contributed by atoms with van der Waals surface area (Å²) in [5.41, 5.74) is 0.291. The lowest BCUT2D eigenvalue weighted by Gasteiger charge is -2.18. The van der Waals surface area contributed by atoms with E-state index in [1.54, 1.807) is 13.0 Å². The molecule has 104 valence electrons. The van der Waals surface area contributed by atoms with Crippen molar-refractivity contribution in [3.8, 4) is 0 Å². The van der Waals surface area contributed by atoms with Crippen LogP contribution < -0.4 is 5.32 Å². The molecule has 2 N–H and O–H groups in total. The van der Waals surface area contributed by atoms with Gasteiger partial charge >= 0.3 is 5.97 Å². The lowest BCUT2D eigenvalue weighted by Crippen LogP contribution is -2.43. The number of carboxylic acids is 1. The van der Waals surface area contributed by atoms with E-state index in [4.69, 9.17) is 5.11 Å². The van der Waals surface area contributed by atoms with E-state index in [0.717, 1.165) is 11.1 Å². The topological polar surface area (TPSA) is 66.4 Å². The molecule has 0 bridgehead atoms. The maximum absolute atomic E-state index is 12.9. The highest BCUT2D eigenvalue weighted by atomic mass is 19.1. The molecule has 1 aromatic rings. The standard InChI is InChI=1S/C14H18FNO3/c1-9-8-11(15)5-4-10(9)6-7-16-12(17)14(2,3)13(18)19/h4-5,8H,6-7H2,1-3H3,(H,16,17)(H,18,19). The number of aryl methyl sites for hydroxylation is 1. The minimum Gasteiger partial charge on any atom is -0.480 e. The number of carbonyl (C=O) groups is 2. The highest BCUT2D eigenvalue weighted by Gasteiger charge is 2.35. The summed E-state index contributed by atoms with van der Waals surface area (Å²) < 4.78 is 12.9. The summed E-state index contributed by atoms with van der Waals surface area (Å²) in [6.45, 7) is 4.82. The van der Waals surface area contributed by atoms with Crippen molar-refractivity contribution in [3.05, 3.63) is 35.1 Å². The first-order chi connectivity index (χ1) is 8.75. The monoisotopic (exact) mass is 267 g/mol. The van der Waals surface area contributed by atoms with Crippen molar-refractivity contribution in [1.29, 1.82) is 0 Å². The SMILES string of the molecule is Cc1cc(F)ccc1CCNC(=O)C(C)(C)C(=O)O. The van der Waals surface area contributed by atoms with Gasteiger partial charge in [0.05, 0.1) is 0 Å². The molecule has 1 amide bonds. The molecule has 0 aliphatic heterocycles. The first kappa shape index (κ1) is 15.1. The predicted octanol–water partition coefficient (Wildman–Crippen LogP) is 1.90. The highest BCUT2D eigenvalue weighted by Crippen LogP contribution is 2.15. The van der Waals surface area contributed by atoms with Gasteiger partial charge in [0, 0.05) is 6.54 Å². The second-order valence-corrected chi connectivity index (χ2v) is 5.01. The minimum atomic E-state index is -1.45. The van der Waals surface area contributed by atoms with Gasteiger partial charge in [0.2, 0.25) is 5.91 Å². The number of hydrogen-bond acceptors (Lipinski definition) is 2. The third-order valence-electron chi connectivity index (χ3n) is 3.09. The molecule has 0 saturated heterocycles. The van der Waals surface area contributed by atoms with E-state index in [-0.39, 0.29) is 5.82 Å². The summed E-state index contributed by atoms with van der Waals surface area (Å²) >= 11 is 0. The molecule has 0 spiro atoms.